The molecule has 0 spiro atoms. The number of allylic oxidation sites excluding steroid dienone is 2. The Balaban J connectivity index is 1.52. The molecule has 0 radical (unpaired) electrons. The minimum absolute atomic E-state index is 0.00167. The highest BCUT2D eigenvalue weighted by molar-refractivity contribution is 5.20. The molecule has 0 heterocycles. The highest BCUT2D eigenvalue weighted by atomic mass is 16.5. The molecule has 4 atom stereocenters. The van der Waals surface area contributed by atoms with E-state index in [0.717, 1.165) is 42.6 Å². The summed E-state index contributed by atoms with van der Waals surface area (Å²) in [5.41, 5.74) is -0.00167. The van der Waals surface area contributed by atoms with Gasteiger partial charge in [-0.2, -0.15) is 0 Å². The topological polar surface area (TPSA) is 9.23 Å². The van der Waals surface area contributed by atoms with Crippen molar-refractivity contribution in [2.45, 2.75) is 110 Å². The first-order valence-electron chi connectivity index (χ1n) is 12.7. The van der Waals surface area contributed by atoms with E-state index in [9.17, 15) is 0 Å². The van der Waals surface area contributed by atoms with E-state index in [1.165, 1.54) is 77.0 Å². The van der Waals surface area contributed by atoms with Crippen molar-refractivity contribution in [2.75, 3.05) is 6.61 Å². The molecule has 3 aliphatic carbocycles. The van der Waals surface area contributed by atoms with Crippen LogP contribution in [0.25, 0.3) is 0 Å². The van der Waals surface area contributed by atoms with E-state index in [0.29, 0.717) is 0 Å². The van der Waals surface area contributed by atoms with E-state index in [4.69, 9.17) is 4.74 Å². The van der Waals surface area contributed by atoms with E-state index >= 15 is 0 Å². The maximum Gasteiger partial charge on any atom is 0.0927 e. The molecule has 0 bridgehead atoms. The first-order chi connectivity index (χ1) is 13.7. The Labute approximate surface area is 175 Å². The summed E-state index contributed by atoms with van der Waals surface area (Å²) < 4.78 is 6.57. The van der Waals surface area contributed by atoms with E-state index in [2.05, 4.69) is 45.1 Å². The molecule has 0 aromatic heterocycles. The van der Waals surface area contributed by atoms with Crippen molar-refractivity contribution in [1.82, 2.24) is 0 Å². The SMILES string of the molecule is CCCCOC1(C2CCC(C3CCC(CCCC)CC3C)CC2)C=CC=CC1. The van der Waals surface area contributed by atoms with Crippen LogP contribution in [0.3, 0.4) is 0 Å². The second-order valence-electron chi connectivity index (χ2n) is 10.2. The smallest absolute Gasteiger partial charge is 0.0927 e. The first-order valence-corrected chi connectivity index (χ1v) is 12.7. The van der Waals surface area contributed by atoms with Gasteiger partial charge < -0.3 is 4.74 Å². The number of hydrogen-bond acceptors (Lipinski definition) is 1. The van der Waals surface area contributed by atoms with Crippen LogP contribution >= 0.6 is 0 Å². The maximum absolute atomic E-state index is 6.57. The number of rotatable bonds is 9. The van der Waals surface area contributed by atoms with Crippen LogP contribution in [0.15, 0.2) is 24.3 Å². The molecule has 160 valence electrons. The second-order valence-corrected chi connectivity index (χ2v) is 10.2. The maximum atomic E-state index is 6.57. The molecule has 0 aromatic carbocycles. The third-order valence-corrected chi connectivity index (χ3v) is 8.31. The molecule has 0 aromatic rings. The standard InChI is InChI=1S/C27H46O/c1-4-6-11-23-12-17-26(22(3)21-23)24-13-15-25(16-14-24)27(28-20-7-5-2)18-9-8-10-19-27/h8-10,18,22-26H,4-7,11-17,19-21H2,1-3H3. The molecular formula is C27H46O. The van der Waals surface area contributed by atoms with Gasteiger partial charge in [-0.15, -0.1) is 0 Å². The van der Waals surface area contributed by atoms with Gasteiger partial charge >= 0.3 is 0 Å². The molecule has 2 fully saturated rings. The summed E-state index contributed by atoms with van der Waals surface area (Å²) in [4.78, 5) is 0. The van der Waals surface area contributed by atoms with E-state index < -0.39 is 0 Å². The van der Waals surface area contributed by atoms with Gasteiger partial charge in [0.25, 0.3) is 0 Å². The zero-order valence-corrected chi connectivity index (χ0v) is 19.0. The molecule has 3 rings (SSSR count). The van der Waals surface area contributed by atoms with Gasteiger partial charge in [0.1, 0.15) is 0 Å². The highest BCUT2D eigenvalue weighted by Crippen LogP contribution is 2.48. The van der Waals surface area contributed by atoms with Crippen molar-refractivity contribution in [3.63, 3.8) is 0 Å². The summed E-state index contributed by atoms with van der Waals surface area (Å²) in [6.45, 7) is 8.09. The predicted molar refractivity (Wildman–Crippen MR) is 121 cm³/mol. The minimum atomic E-state index is -0.00167. The molecule has 1 heteroatoms. The molecule has 3 aliphatic rings. The highest BCUT2D eigenvalue weighted by Gasteiger charge is 2.42. The monoisotopic (exact) mass is 386 g/mol. The average Bonchev–Trinajstić information content (AvgIpc) is 2.73. The van der Waals surface area contributed by atoms with Gasteiger partial charge in [-0.25, -0.2) is 0 Å². The lowest BCUT2D eigenvalue weighted by Crippen LogP contribution is -2.43. The summed E-state index contributed by atoms with van der Waals surface area (Å²) in [5, 5.41) is 0. The van der Waals surface area contributed by atoms with Gasteiger partial charge in [0, 0.05) is 6.61 Å². The molecule has 0 amide bonds. The molecule has 1 nitrogen and oxygen atoms in total. The van der Waals surface area contributed by atoms with Crippen LogP contribution in [-0.4, -0.2) is 12.2 Å². The molecule has 28 heavy (non-hydrogen) atoms. The molecule has 0 saturated heterocycles. The number of ether oxygens (including phenoxy) is 1. The number of hydrogen-bond donors (Lipinski definition) is 0. The van der Waals surface area contributed by atoms with Crippen molar-refractivity contribution < 1.29 is 4.74 Å². The van der Waals surface area contributed by atoms with E-state index in [-0.39, 0.29) is 5.60 Å². The van der Waals surface area contributed by atoms with Gasteiger partial charge in [0.15, 0.2) is 0 Å². The quantitative estimate of drug-likeness (QED) is 0.364. The third-order valence-electron chi connectivity index (χ3n) is 8.31. The summed E-state index contributed by atoms with van der Waals surface area (Å²) in [6.07, 6.45) is 27.1. The van der Waals surface area contributed by atoms with Crippen LogP contribution < -0.4 is 0 Å². The van der Waals surface area contributed by atoms with Crippen molar-refractivity contribution in [3.8, 4) is 0 Å². The van der Waals surface area contributed by atoms with Crippen molar-refractivity contribution in [2.24, 2.45) is 29.6 Å². The predicted octanol–water partition coefficient (Wildman–Crippen LogP) is 8.11. The largest absolute Gasteiger partial charge is 0.370 e. The first kappa shape index (κ1) is 22.1. The fraction of sp³-hybridized carbons (Fsp3) is 0.852. The van der Waals surface area contributed by atoms with Crippen LogP contribution in [0.2, 0.25) is 0 Å². The van der Waals surface area contributed by atoms with Gasteiger partial charge in [0.05, 0.1) is 5.60 Å². The zero-order chi connectivity index (χ0) is 19.8. The molecule has 2 saturated carbocycles. The molecular weight excluding hydrogens is 340 g/mol. The third kappa shape index (κ3) is 5.53. The Hall–Kier alpha value is -0.560. The summed E-state index contributed by atoms with van der Waals surface area (Å²) >= 11 is 0. The fourth-order valence-corrected chi connectivity index (χ4v) is 6.57. The lowest BCUT2D eigenvalue weighted by molar-refractivity contribution is -0.0687. The normalized spacial score (nSPS) is 38.6. The summed E-state index contributed by atoms with van der Waals surface area (Å²) in [6, 6.07) is 0. The summed E-state index contributed by atoms with van der Waals surface area (Å²) in [5.74, 6) is 4.67. The van der Waals surface area contributed by atoms with Gasteiger partial charge in [-0.1, -0.05) is 77.2 Å². The Morgan fingerprint density at radius 1 is 0.929 bits per heavy atom. The Bertz CT molecular complexity index is 498. The molecule has 0 N–H and O–H groups in total. The van der Waals surface area contributed by atoms with Crippen molar-refractivity contribution in [1.29, 1.82) is 0 Å². The van der Waals surface area contributed by atoms with E-state index in [1.54, 1.807) is 0 Å². The fourth-order valence-electron chi connectivity index (χ4n) is 6.57. The van der Waals surface area contributed by atoms with Crippen molar-refractivity contribution in [3.05, 3.63) is 24.3 Å². The number of unbranched alkanes of at least 4 members (excludes halogenated alkanes) is 2. The minimum Gasteiger partial charge on any atom is -0.370 e. The van der Waals surface area contributed by atoms with Crippen LogP contribution in [0.1, 0.15) is 104 Å². The van der Waals surface area contributed by atoms with Crippen LogP contribution in [0.4, 0.5) is 0 Å². The lowest BCUT2D eigenvalue weighted by Gasteiger charge is -2.46. The second kappa shape index (κ2) is 11.0. The van der Waals surface area contributed by atoms with Gasteiger partial charge in [0.2, 0.25) is 0 Å². The zero-order valence-electron chi connectivity index (χ0n) is 19.0. The van der Waals surface area contributed by atoms with Crippen LogP contribution in [0, 0.1) is 29.6 Å². The molecule has 4 unspecified atom stereocenters. The van der Waals surface area contributed by atoms with Gasteiger partial charge in [-0.05, 0) is 81.0 Å². The Kier molecular flexibility index (Phi) is 8.70. The Morgan fingerprint density at radius 3 is 2.36 bits per heavy atom. The summed E-state index contributed by atoms with van der Waals surface area (Å²) in [7, 11) is 0. The molecule has 0 aliphatic heterocycles. The lowest BCUT2D eigenvalue weighted by atomic mass is 9.62. The van der Waals surface area contributed by atoms with Crippen LogP contribution in [0.5, 0.6) is 0 Å². The van der Waals surface area contributed by atoms with Crippen molar-refractivity contribution >= 4 is 0 Å². The van der Waals surface area contributed by atoms with Gasteiger partial charge in [-0.3, -0.25) is 0 Å². The Morgan fingerprint density at radius 2 is 1.71 bits per heavy atom. The van der Waals surface area contributed by atoms with Crippen LogP contribution in [-0.2, 0) is 4.74 Å². The average molecular weight is 387 g/mol. The van der Waals surface area contributed by atoms with E-state index in [1.807, 2.05) is 0 Å².